The van der Waals surface area contributed by atoms with Crippen LogP contribution in [0.5, 0.6) is 0 Å². The Morgan fingerprint density at radius 1 is 1.00 bits per heavy atom. The van der Waals surface area contributed by atoms with Crippen LogP contribution in [0.1, 0.15) is 32.1 Å². The summed E-state index contributed by atoms with van der Waals surface area (Å²) in [6.07, 6.45) is 8.52. The van der Waals surface area contributed by atoms with Gasteiger partial charge in [0.15, 0.2) is 5.82 Å². The average Bonchev–Trinajstić information content (AvgIpc) is 3.30. The molecule has 3 heterocycles. The van der Waals surface area contributed by atoms with Crippen LogP contribution < -0.4 is 10.2 Å². The van der Waals surface area contributed by atoms with Gasteiger partial charge in [-0.25, -0.2) is 14.4 Å². The van der Waals surface area contributed by atoms with E-state index in [2.05, 4.69) is 54.7 Å². The molecule has 5 rings (SSSR count). The molecule has 31 heavy (non-hydrogen) atoms. The van der Waals surface area contributed by atoms with Crippen LogP contribution >= 0.6 is 11.3 Å². The summed E-state index contributed by atoms with van der Waals surface area (Å²) >= 11 is 1.83. The van der Waals surface area contributed by atoms with Gasteiger partial charge < -0.3 is 10.2 Å². The summed E-state index contributed by atoms with van der Waals surface area (Å²) in [7, 11) is 0. The first-order chi connectivity index (χ1) is 15.2. The number of nitrogens with zero attached hydrogens (tertiary/aromatic N) is 4. The summed E-state index contributed by atoms with van der Waals surface area (Å²) in [6, 6.07) is 9.35. The van der Waals surface area contributed by atoms with Crippen molar-refractivity contribution >= 4 is 33.1 Å². The molecule has 3 aromatic rings. The number of hydrogen-bond donors (Lipinski definition) is 1. The van der Waals surface area contributed by atoms with Crippen molar-refractivity contribution in [2.24, 2.45) is 5.92 Å². The average molecular weight is 440 g/mol. The van der Waals surface area contributed by atoms with Crippen LogP contribution in [0.2, 0.25) is 0 Å². The Morgan fingerprint density at radius 3 is 2.55 bits per heavy atom. The maximum Gasteiger partial charge on any atom is 0.222 e. The summed E-state index contributed by atoms with van der Waals surface area (Å²) in [4.78, 5) is 13.2. The Labute approximate surface area is 187 Å². The van der Waals surface area contributed by atoms with Gasteiger partial charge in [0, 0.05) is 48.0 Å². The molecule has 2 fully saturated rings. The van der Waals surface area contributed by atoms with Crippen molar-refractivity contribution in [3.8, 4) is 0 Å². The second-order valence-corrected chi connectivity index (χ2v) is 9.76. The number of aromatic nitrogens is 2. The van der Waals surface area contributed by atoms with Crippen molar-refractivity contribution in [2.75, 3.05) is 42.9 Å². The second-order valence-electron chi connectivity index (χ2n) is 8.81. The zero-order chi connectivity index (χ0) is 21.0. The Balaban J connectivity index is 1.04. The van der Waals surface area contributed by atoms with E-state index in [9.17, 15) is 4.39 Å². The molecule has 164 valence electrons. The Bertz CT molecular complexity index is 975. The number of hydrogen-bond acceptors (Lipinski definition) is 6. The number of rotatable bonds is 6. The number of nitrogens with one attached hydrogen (secondary N) is 1. The molecule has 1 aliphatic heterocycles. The molecule has 5 nitrogen and oxygen atoms in total. The molecule has 1 N–H and O–H groups in total. The zero-order valence-electron chi connectivity index (χ0n) is 17.8. The first-order valence-electron chi connectivity index (χ1n) is 11.4. The van der Waals surface area contributed by atoms with Crippen molar-refractivity contribution in [2.45, 2.75) is 38.1 Å². The molecule has 0 radical (unpaired) electrons. The number of piperazine rings is 1. The highest BCUT2D eigenvalue weighted by atomic mass is 32.1. The quantitative estimate of drug-likeness (QED) is 0.585. The van der Waals surface area contributed by atoms with Gasteiger partial charge in [-0.3, -0.25) is 4.90 Å². The van der Waals surface area contributed by atoms with Crippen molar-refractivity contribution in [1.82, 2.24) is 14.9 Å². The van der Waals surface area contributed by atoms with E-state index in [1.54, 1.807) is 0 Å². The SMILES string of the molecule is Fc1cnc(NC2CCC(CCN3CCN(c4cccc5sccc45)CC3)CC2)nc1. The lowest BCUT2D eigenvalue weighted by Crippen LogP contribution is -2.47. The fourth-order valence-electron chi connectivity index (χ4n) is 5.00. The van der Waals surface area contributed by atoms with Crippen molar-refractivity contribution < 1.29 is 4.39 Å². The first-order valence-corrected chi connectivity index (χ1v) is 12.3. The Kier molecular flexibility index (Phi) is 6.32. The van der Waals surface area contributed by atoms with E-state index >= 15 is 0 Å². The van der Waals surface area contributed by atoms with Gasteiger partial charge in [-0.2, -0.15) is 0 Å². The predicted molar refractivity (Wildman–Crippen MR) is 126 cm³/mol. The summed E-state index contributed by atoms with van der Waals surface area (Å²) in [5.74, 6) is 0.962. The number of fused-ring (bicyclic) bond motifs is 1. The van der Waals surface area contributed by atoms with E-state index in [0.717, 1.165) is 44.9 Å². The normalized spacial score (nSPS) is 22.7. The van der Waals surface area contributed by atoms with Crippen LogP contribution in [0.25, 0.3) is 10.1 Å². The monoisotopic (exact) mass is 439 g/mol. The molecule has 0 amide bonds. The molecule has 0 spiro atoms. The van der Waals surface area contributed by atoms with Crippen LogP contribution in [0.3, 0.4) is 0 Å². The lowest BCUT2D eigenvalue weighted by atomic mass is 9.84. The lowest BCUT2D eigenvalue weighted by Gasteiger charge is -2.37. The van der Waals surface area contributed by atoms with E-state index in [1.807, 2.05) is 11.3 Å². The smallest absolute Gasteiger partial charge is 0.222 e. The second kappa shape index (κ2) is 9.49. The third kappa shape index (κ3) is 4.99. The molecule has 2 aromatic heterocycles. The van der Waals surface area contributed by atoms with Gasteiger partial charge in [-0.1, -0.05) is 6.07 Å². The van der Waals surface area contributed by atoms with Crippen molar-refractivity contribution in [1.29, 1.82) is 0 Å². The summed E-state index contributed by atoms with van der Waals surface area (Å²) in [5, 5.41) is 6.96. The molecule has 0 unspecified atom stereocenters. The molecule has 7 heteroatoms. The summed E-state index contributed by atoms with van der Waals surface area (Å²) in [5.41, 5.74) is 1.40. The van der Waals surface area contributed by atoms with Gasteiger partial charge in [0.1, 0.15) is 0 Å². The number of thiophene rings is 1. The van der Waals surface area contributed by atoms with Crippen molar-refractivity contribution in [3.05, 3.63) is 47.9 Å². The number of anilines is 2. The van der Waals surface area contributed by atoms with E-state index in [1.165, 1.54) is 54.0 Å². The third-order valence-electron chi connectivity index (χ3n) is 6.84. The highest BCUT2D eigenvalue weighted by Crippen LogP contribution is 2.32. The molecule has 0 atom stereocenters. The largest absolute Gasteiger partial charge is 0.368 e. The Hall–Kier alpha value is -2.25. The Morgan fingerprint density at radius 2 is 1.77 bits per heavy atom. The minimum absolute atomic E-state index is 0.390. The van der Waals surface area contributed by atoms with Gasteiger partial charge in [0.25, 0.3) is 0 Å². The van der Waals surface area contributed by atoms with Crippen LogP contribution in [-0.4, -0.2) is 53.6 Å². The number of halogens is 1. The minimum atomic E-state index is -0.390. The van der Waals surface area contributed by atoms with E-state index in [-0.39, 0.29) is 0 Å². The molecule has 1 aromatic carbocycles. The highest BCUT2D eigenvalue weighted by molar-refractivity contribution is 7.17. The molecule has 1 saturated carbocycles. The van der Waals surface area contributed by atoms with E-state index in [4.69, 9.17) is 0 Å². The van der Waals surface area contributed by atoms with Crippen LogP contribution in [-0.2, 0) is 0 Å². The molecular weight excluding hydrogens is 409 g/mol. The molecular formula is C24H30FN5S. The third-order valence-corrected chi connectivity index (χ3v) is 7.72. The van der Waals surface area contributed by atoms with Gasteiger partial charge in [0.05, 0.1) is 12.4 Å². The lowest BCUT2D eigenvalue weighted by molar-refractivity contribution is 0.218. The van der Waals surface area contributed by atoms with Gasteiger partial charge in [-0.15, -0.1) is 11.3 Å². The van der Waals surface area contributed by atoms with Crippen LogP contribution in [0, 0.1) is 11.7 Å². The standard InChI is InChI=1S/C24H30FN5S/c25-19-16-26-24(27-17-19)28-20-6-4-18(5-7-20)8-10-29-11-13-30(14-12-29)22-2-1-3-23-21(22)9-15-31-23/h1-3,9,15-18,20H,4-8,10-14H2,(H,26,27,28). The van der Waals surface area contributed by atoms with Gasteiger partial charge in [-0.05, 0) is 68.1 Å². The fourth-order valence-corrected chi connectivity index (χ4v) is 5.80. The molecule has 0 bridgehead atoms. The maximum absolute atomic E-state index is 13.0. The first kappa shape index (κ1) is 20.6. The topological polar surface area (TPSA) is 44.3 Å². The summed E-state index contributed by atoms with van der Waals surface area (Å²) in [6.45, 7) is 5.74. The minimum Gasteiger partial charge on any atom is -0.368 e. The van der Waals surface area contributed by atoms with Crippen LogP contribution in [0.4, 0.5) is 16.0 Å². The van der Waals surface area contributed by atoms with Gasteiger partial charge >= 0.3 is 0 Å². The maximum atomic E-state index is 13.0. The van der Waals surface area contributed by atoms with Crippen LogP contribution in [0.15, 0.2) is 42.0 Å². The highest BCUT2D eigenvalue weighted by Gasteiger charge is 2.24. The molecule has 2 aliphatic rings. The fraction of sp³-hybridized carbons (Fsp3) is 0.500. The van der Waals surface area contributed by atoms with E-state index < -0.39 is 5.82 Å². The van der Waals surface area contributed by atoms with Crippen molar-refractivity contribution in [3.63, 3.8) is 0 Å². The zero-order valence-corrected chi connectivity index (χ0v) is 18.7. The molecule has 1 saturated heterocycles. The molecule has 1 aliphatic carbocycles. The van der Waals surface area contributed by atoms with Gasteiger partial charge in [0.2, 0.25) is 5.95 Å². The van der Waals surface area contributed by atoms with E-state index in [0.29, 0.717) is 12.0 Å². The predicted octanol–water partition coefficient (Wildman–Crippen LogP) is 5.01. The number of benzene rings is 1. The summed E-state index contributed by atoms with van der Waals surface area (Å²) < 4.78 is 14.3.